The molecular weight excluding hydrogens is 276 g/mol. The number of fused-ring (bicyclic) bond motifs is 1. The molecule has 5 heteroatoms. The monoisotopic (exact) mass is 296 g/mol. The third-order valence-corrected chi connectivity index (χ3v) is 4.40. The Balaban J connectivity index is 1.38. The van der Waals surface area contributed by atoms with Crippen LogP contribution in [-0.4, -0.2) is 32.9 Å². The summed E-state index contributed by atoms with van der Waals surface area (Å²) in [5.41, 5.74) is 3.34. The van der Waals surface area contributed by atoms with Crippen LogP contribution in [0.4, 0.5) is 0 Å². The largest absolute Gasteiger partial charge is 0.449 e. The summed E-state index contributed by atoms with van der Waals surface area (Å²) in [4.78, 5) is 14.5. The van der Waals surface area contributed by atoms with Gasteiger partial charge in [-0.05, 0) is 43.0 Å². The van der Waals surface area contributed by atoms with Crippen LogP contribution in [0.25, 0.3) is 11.0 Å². The van der Waals surface area contributed by atoms with E-state index in [2.05, 4.69) is 32.0 Å². The van der Waals surface area contributed by atoms with E-state index in [9.17, 15) is 0 Å². The molecule has 1 fully saturated rings. The SMILES string of the molecule is Cc1nc(CN2CCC(Cc3cnc4[nH]ccc4c3)C2)co1. The minimum atomic E-state index is 0.700. The number of nitrogens with one attached hydrogen (secondary N) is 1. The van der Waals surface area contributed by atoms with Crippen molar-refractivity contribution in [3.8, 4) is 0 Å². The number of oxazole rings is 1. The Morgan fingerprint density at radius 2 is 2.41 bits per heavy atom. The smallest absolute Gasteiger partial charge is 0.191 e. The number of aromatic amines is 1. The predicted molar refractivity (Wildman–Crippen MR) is 84.4 cm³/mol. The van der Waals surface area contributed by atoms with E-state index in [4.69, 9.17) is 4.42 Å². The lowest BCUT2D eigenvalue weighted by atomic mass is 9.99. The highest BCUT2D eigenvalue weighted by Gasteiger charge is 2.23. The van der Waals surface area contributed by atoms with Crippen LogP contribution in [0.5, 0.6) is 0 Å². The fourth-order valence-electron chi connectivity index (χ4n) is 3.36. The van der Waals surface area contributed by atoms with Gasteiger partial charge in [-0.1, -0.05) is 0 Å². The molecule has 0 radical (unpaired) electrons. The van der Waals surface area contributed by atoms with Gasteiger partial charge in [0.1, 0.15) is 11.9 Å². The molecule has 1 unspecified atom stereocenters. The average Bonchev–Trinajstić information content (AvgIpc) is 3.21. The molecule has 4 rings (SSSR count). The van der Waals surface area contributed by atoms with Crippen molar-refractivity contribution >= 4 is 11.0 Å². The van der Waals surface area contributed by atoms with Gasteiger partial charge in [-0.2, -0.15) is 0 Å². The van der Waals surface area contributed by atoms with Gasteiger partial charge < -0.3 is 9.40 Å². The number of hydrogen-bond donors (Lipinski definition) is 1. The molecule has 0 amide bonds. The molecule has 3 aromatic rings. The highest BCUT2D eigenvalue weighted by atomic mass is 16.3. The molecule has 22 heavy (non-hydrogen) atoms. The van der Waals surface area contributed by atoms with Gasteiger partial charge >= 0.3 is 0 Å². The number of hydrogen-bond acceptors (Lipinski definition) is 4. The van der Waals surface area contributed by atoms with Crippen molar-refractivity contribution in [3.05, 3.63) is 47.9 Å². The van der Waals surface area contributed by atoms with E-state index in [0.29, 0.717) is 5.92 Å². The summed E-state index contributed by atoms with van der Waals surface area (Å²) in [5.74, 6) is 1.45. The lowest BCUT2D eigenvalue weighted by molar-refractivity contribution is 0.312. The van der Waals surface area contributed by atoms with Crippen LogP contribution in [0.15, 0.2) is 35.2 Å². The maximum atomic E-state index is 5.28. The fraction of sp³-hybridized carbons (Fsp3) is 0.412. The quantitative estimate of drug-likeness (QED) is 0.804. The number of H-pyrrole nitrogens is 1. The molecular formula is C17H20N4O. The Morgan fingerprint density at radius 1 is 1.45 bits per heavy atom. The fourth-order valence-corrected chi connectivity index (χ4v) is 3.36. The highest BCUT2D eigenvalue weighted by molar-refractivity contribution is 5.75. The van der Waals surface area contributed by atoms with E-state index in [1.807, 2.05) is 19.3 Å². The van der Waals surface area contributed by atoms with Crippen LogP contribution in [0.1, 0.15) is 23.6 Å². The second-order valence-electron chi connectivity index (χ2n) is 6.21. The summed E-state index contributed by atoms with van der Waals surface area (Å²) in [7, 11) is 0. The molecule has 1 aliphatic rings. The number of pyridine rings is 1. The average molecular weight is 296 g/mol. The predicted octanol–water partition coefficient (Wildman–Crippen LogP) is 2.92. The highest BCUT2D eigenvalue weighted by Crippen LogP contribution is 2.23. The molecule has 0 aromatic carbocycles. The zero-order valence-electron chi connectivity index (χ0n) is 12.7. The second kappa shape index (κ2) is 5.57. The molecule has 0 bridgehead atoms. The Kier molecular flexibility index (Phi) is 3.42. The van der Waals surface area contributed by atoms with E-state index >= 15 is 0 Å². The van der Waals surface area contributed by atoms with Gasteiger partial charge in [0.05, 0.1) is 5.69 Å². The van der Waals surface area contributed by atoms with Crippen LogP contribution in [0.2, 0.25) is 0 Å². The van der Waals surface area contributed by atoms with Crippen molar-refractivity contribution in [3.63, 3.8) is 0 Å². The first-order chi connectivity index (χ1) is 10.8. The van der Waals surface area contributed by atoms with Crippen molar-refractivity contribution in [1.29, 1.82) is 0 Å². The lowest BCUT2D eigenvalue weighted by Crippen LogP contribution is -2.20. The van der Waals surface area contributed by atoms with Crippen molar-refractivity contribution < 1.29 is 4.42 Å². The van der Waals surface area contributed by atoms with Gasteiger partial charge in [0.2, 0.25) is 0 Å². The third kappa shape index (κ3) is 2.76. The summed E-state index contributed by atoms with van der Waals surface area (Å²) in [6.45, 7) is 5.04. The van der Waals surface area contributed by atoms with Crippen molar-refractivity contribution in [2.24, 2.45) is 5.92 Å². The summed E-state index contributed by atoms with van der Waals surface area (Å²) in [6, 6.07) is 4.34. The first-order valence-corrected chi connectivity index (χ1v) is 7.81. The Hall–Kier alpha value is -2.14. The van der Waals surface area contributed by atoms with Crippen LogP contribution in [-0.2, 0) is 13.0 Å². The number of likely N-dealkylation sites (tertiary alicyclic amines) is 1. The molecule has 1 aliphatic heterocycles. The molecule has 5 nitrogen and oxygen atoms in total. The van der Waals surface area contributed by atoms with Gasteiger partial charge in [0.15, 0.2) is 5.89 Å². The Labute approximate surface area is 129 Å². The van der Waals surface area contributed by atoms with E-state index in [1.165, 1.54) is 17.4 Å². The van der Waals surface area contributed by atoms with Crippen LogP contribution < -0.4 is 0 Å². The number of aryl methyl sites for hydroxylation is 1. The minimum Gasteiger partial charge on any atom is -0.449 e. The molecule has 114 valence electrons. The van der Waals surface area contributed by atoms with Crippen LogP contribution in [0, 0.1) is 12.8 Å². The van der Waals surface area contributed by atoms with Gasteiger partial charge in [-0.15, -0.1) is 0 Å². The van der Waals surface area contributed by atoms with E-state index in [-0.39, 0.29) is 0 Å². The number of aromatic nitrogens is 3. The number of nitrogens with zero attached hydrogens (tertiary/aromatic N) is 3. The number of rotatable bonds is 4. The van der Waals surface area contributed by atoms with Crippen LogP contribution in [0.3, 0.4) is 0 Å². The van der Waals surface area contributed by atoms with Crippen molar-refractivity contribution in [2.45, 2.75) is 26.3 Å². The van der Waals surface area contributed by atoms with Gasteiger partial charge in [0.25, 0.3) is 0 Å². The molecule has 4 heterocycles. The van der Waals surface area contributed by atoms with E-state index < -0.39 is 0 Å². The van der Waals surface area contributed by atoms with Gasteiger partial charge in [0, 0.05) is 37.8 Å². The zero-order valence-corrected chi connectivity index (χ0v) is 12.7. The Bertz CT molecular complexity index is 776. The normalized spacial score (nSPS) is 19.2. The second-order valence-corrected chi connectivity index (χ2v) is 6.21. The first-order valence-electron chi connectivity index (χ1n) is 7.81. The minimum absolute atomic E-state index is 0.700. The zero-order chi connectivity index (χ0) is 14.9. The lowest BCUT2D eigenvalue weighted by Gasteiger charge is -2.14. The standard InChI is InChI=1S/C17H20N4O/c1-12-20-16(11-22-12)10-21-5-3-13(9-21)6-14-7-15-2-4-18-17(15)19-8-14/h2,4,7-8,11,13H,3,5-6,9-10H2,1H3,(H,18,19). The molecule has 0 spiro atoms. The first kappa shape index (κ1) is 13.5. The van der Waals surface area contributed by atoms with Gasteiger partial charge in [-0.3, -0.25) is 4.90 Å². The topological polar surface area (TPSA) is 58.0 Å². The molecule has 1 saturated heterocycles. The summed E-state index contributed by atoms with van der Waals surface area (Å²) in [6.07, 6.45) is 8.05. The van der Waals surface area contributed by atoms with E-state index in [1.54, 1.807) is 6.26 Å². The maximum absolute atomic E-state index is 5.28. The Morgan fingerprint density at radius 3 is 3.27 bits per heavy atom. The summed E-state index contributed by atoms with van der Waals surface area (Å²) >= 11 is 0. The van der Waals surface area contributed by atoms with Crippen molar-refractivity contribution in [1.82, 2.24) is 19.9 Å². The third-order valence-electron chi connectivity index (χ3n) is 4.40. The van der Waals surface area contributed by atoms with Gasteiger partial charge in [-0.25, -0.2) is 9.97 Å². The molecule has 0 aliphatic carbocycles. The maximum Gasteiger partial charge on any atom is 0.191 e. The van der Waals surface area contributed by atoms with Crippen LogP contribution >= 0.6 is 0 Å². The summed E-state index contributed by atoms with van der Waals surface area (Å²) < 4.78 is 5.28. The molecule has 3 aromatic heterocycles. The molecule has 1 atom stereocenters. The molecule has 0 saturated carbocycles. The summed E-state index contributed by atoms with van der Waals surface area (Å²) in [5, 5.41) is 1.20. The molecule has 1 N–H and O–H groups in total. The van der Waals surface area contributed by atoms with Crippen molar-refractivity contribution in [2.75, 3.05) is 13.1 Å². The van der Waals surface area contributed by atoms with E-state index in [0.717, 1.165) is 43.3 Å².